The Bertz CT molecular complexity index is 482. The van der Waals surface area contributed by atoms with E-state index in [0.29, 0.717) is 30.6 Å². The molecule has 5 nitrogen and oxygen atoms in total. The second-order valence-corrected chi connectivity index (χ2v) is 5.28. The van der Waals surface area contributed by atoms with Crippen LogP contribution in [-0.4, -0.2) is 35.3 Å². The van der Waals surface area contributed by atoms with E-state index in [2.05, 4.69) is 10.3 Å². The number of nitrogens with zero attached hydrogens (tertiary/aromatic N) is 1. The van der Waals surface area contributed by atoms with Crippen LogP contribution in [0.5, 0.6) is 0 Å². The molecular weight excluding hydrogens is 256 g/mol. The molecule has 1 aliphatic rings. The SMILES string of the molecule is Cc1cc(NCCOC2CCCC2)c(C(=O)O)c(C)n1. The van der Waals surface area contributed by atoms with Gasteiger partial charge < -0.3 is 15.2 Å². The van der Waals surface area contributed by atoms with Gasteiger partial charge in [-0.2, -0.15) is 0 Å². The molecule has 0 unspecified atom stereocenters. The number of ether oxygens (including phenoxy) is 1. The number of nitrogens with one attached hydrogen (secondary N) is 1. The Labute approximate surface area is 119 Å². The summed E-state index contributed by atoms with van der Waals surface area (Å²) < 4.78 is 5.76. The summed E-state index contributed by atoms with van der Waals surface area (Å²) in [4.78, 5) is 15.5. The van der Waals surface area contributed by atoms with Crippen molar-refractivity contribution in [2.24, 2.45) is 0 Å². The second kappa shape index (κ2) is 6.70. The lowest BCUT2D eigenvalue weighted by atomic mass is 10.1. The maximum Gasteiger partial charge on any atom is 0.339 e. The molecule has 20 heavy (non-hydrogen) atoms. The number of carboxylic acids is 1. The third-order valence-corrected chi connectivity index (χ3v) is 3.62. The van der Waals surface area contributed by atoms with Gasteiger partial charge in [-0.05, 0) is 32.8 Å². The number of aromatic nitrogens is 1. The van der Waals surface area contributed by atoms with Crippen molar-refractivity contribution in [1.82, 2.24) is 4.98 Å². The Morgan fingerprint density at radius 2 is 2.15 bits per heavy atom. The lowest BCUT2D eigenvalue weighted by Gasteiger charge is -2.14. The third-order valence-electron chi connectivity index (χ3n) is 3.62. The number of aryl methyl sites for hydroxylation is 2. The van der Waals surface area contributed by atoms with Crippen LogP contribution in [0.4, 0.5) is 5.69 Å². The molecule has 1 aromatic heterocycles. The van der Waals surface area contributed by atoms with Crippen LogP contribution in [0.1, 0.15) is 47.4 Å². The molecule has 0 radical (unpaired) electrons. The van der Waals surface area contributed by atoms with Gasteiger partial charge in [0, 0.05) is 12.2 Å². The van der Waals surface area contributed by atoms with Crippen LogP contribution in [0.3, 0.4) is 0 Å². The fourth-order valence-corrected chi connectivity index (χ4v) is 2.70. The molecule has 1 aliphatic carbocycles. The first-order chi connectivity index (χ1) is 9.58. The monoisotopic (exact) mass is 278 g/mol. The maximum atomic E-state index is 11.3. The molecule has 5 heteroatoms. The van der Waals surface area contributed by atoms with Crippen LogP contribution in [0.15, 0.2) is 6.07 Å². The Morgan fingerprint density at radius 3 is 2.80 bits per heavy atom. The van der Waals surface area contributed by atoms with Gasteiger partial charge in [-0.3, -0.25) is 4.98 Å². The number of pyridine rings is 1. The van der Waals surface area contributed by atoms with Crippen molar-refractivity contribution < 1.29 is 14.6 Å². The van der Waals surface area contributed by atoms with Gasteiger partial charge in [0.25, 0.3) is 0 Å². The van der Waals surface area contributed by atoms with Gasteiger partial charge in [0.15, 0.2) is 0 Å². The Kier molecular flexibility index (Phi) is 4.95. The van der Waals surface area contributed by atoms with Crippen molar-refractivity contribution in [2.75, 3.05) is 18.5 Å². The topological polar surface area (TPSA) is 71.5 Å². The van der Waals surface area contributed by atoms with Crippen LogP contribution < -0.4 is 5.32 Å². The highest BCUT2D eigenvalue weighted by molar-refractivity contribution is 5.95. The van der Waals surface area contributed by atoms with Crippen LogP contribution in [0.25, 0.3) is 0 Å². The van der Waals surface area contributed by atoms with E-state index in [9.17, 15) is 9.90 Å². The number of hydrogen-bond acceptors (Lipinski definition) is 4. The van der Waals surface area contributed by atoms with Gasteiger partial charge in [0.2, 0.25) is 0 Å². The summed E-state index contributed by atoms with van der Waals surface area (Å²) in [5.74, 6) is -0.950. The minimum absolute atomic E-state index is 0.247. The van der Waals surface area contributed by atoms with E-state index in [0.717, 1.165) is 18.5 Å². The molecule has 0 bridgehead atoms. The highest BCUT2D eigenvalue weighted by atomic mass is 16.5. The zero-order chi connectivity index (χ0) is 14.5. The van der Waals surface area contributed by atoms with E-state index in [1.165, 1.54) is 12.8 Å². The molecular formula is C15H22N2O3. The Morgan fingerprint density at radius 1 is 1.45 bits per heavy atom. The molecule has 0 spiro atoms. The van der Waals surface area contributed by atoms with Gasteiger partial charge in [-0.25, -0.2) is 4.79 Å². The van der Waals surface area contributed by atoms with Crippen LogP contribution >= 0.6 is 0 Å². The highest BCUT2D eigenvalue weighted by Gasteiger charge is 2.16. The maximum absolute atomic E-state index is 11.3. The smallest absolute Gasteiger partial charge is 0.339 e. The summed E-state index contributed by atoms with van der Waals surface area (Å²) >= 11 is 0. The predicted octanol–water partition coefficient (Wildman–Crippen LogP) is 2.77. The molecule has 1 heterocycles. The fraction of sp³-hybridized carbons (Fsp3) is 0.600. The normalized spacial score (nSPS) is 15.5. The quantitative estimate of drug-likeness (QED) is 0.783. The molecule has 0 saturated heterocycles. The summed E-state index contributed by atoms with van der Waals surface area (Å²) in [7, 11) is 0. The summed E-state index contributed by atoms with van der Waals surface area (Å²) in [5, 5.41) is 12.4. The predicted molar refractivity (Wildman–Crippen MR) is 77.4 cm³/mol. The third kappa shape index (κ3) is 3.70. The molecule has 0 aliphatic heterocycles. The van der Waals surface area contributed by atoms with Gasteiger partial charge in [-0.15, -0.1) is 0 Å². The van der Waals surface area contributed by atoms with E-state index in [4.69, 9.17) is 4.74 Å². The van der Waals surface area contributed by atoms with E-state index >= 15 is 0 Å². The largest absolute Gasteiger partial charge is 0.478 e. The second-order valence-electron chi connectivity index (χ2n) is 5.28. The first-order valence-electron chi connectivity index (χ1n) is 7.15. The minimum Gasteiger partial charge on any atom is -0.478 e. The molecule has 1 saturated carbocycles. The molecule has 110 valence electrons. The summed E-state index contributed by atoms with van der Waals surface area (Å²) in [5.41, 5.74) is 2.22. The van der Waals surface area contributed by atoms with Crippen molar-refractivity contribution in [3.63, 3.8) is 0 Å². The van der Waals surface area contributed by atoms with Crippen molar-refractivity contribution >= 4 is 11.7 Å². The lowest BCUT2D eigenvalue weighted by molar-refractivity contribution is 0.0655. The van der Waals surface area contributed by atoms with E-state index in [-0.39, 0.29) is 5.56 Å². The van der Waals surface area contributed by atoms with Crippen molar-refractivity contribution in [2.45, 2.75) is 45.6 Å². The van der Waals surface area contributed by atoms with Gasteiger partial charge in [-0.1, -0.05) is 12.8 Å². The molecule has 0 atom stereocenters. The first kappa shape index (κ1) is 14.8. The molecule has 0 amide bonds. The summed E-state index contributed by atoms with van der Waals surface area (Å²) in [6, 6.07) is 1.77. The zero-order valence-electron chi connectivity index (χ0n) is 12.1. The van der Waals surface area contributed by atoms with E-state index in [1.54, 1.807) is 13.0 Å². The number of aromatic carboxylic acids is 1. The number of carboxylic acid groups (broad SMARTS) is 1. The van der Waals surface area contributed by atoms with Crippen molar-refractivity contribution in [3.05, 3.63) is 23.0 Å². The van der Waals surface area contributed by atoms with E-state index in [1.807, 2.05) is 6.92 Å². The van der Waals surface area contributed by atoms with Crippen LogP contribution in [-0.2, 0) is 4.74 Å². The molecule has 2 rings (SSSR count). The van der Waals surface area contributed by atoms with Crippen LogP contribution in [0, 0.1) is 13.8 Å². The molecule has 1 fully saturated rings. The number of rotatable bonds is 6. The lowest BCUT2D eigenvalue weighted by Crippen LogP contribution is -2.17. The highest BCUT2D eigenvalue weighted by Crippen LogP contribution is 2.21. The Balaban J connectivity index is 1.92. The van der Waals surface area contributed by atoms with Gasteiger partial charge >= 0.3 is 5.97 Å². The average Bonchev–Trinajstić information content (AvgIpc) is 2.86. The Hall–Kier alpha value is -1.62. The summed E-state index contributed by atoms with van der Waals surface area (Å²) in [6.07, 6.45) is 5.19. The van der Waals surface area contributed by atoms with Gasteiger partial charge in [0.1, 0.15) is 5.56 Å². The first-order valence-corrected chi connectivity index (χ1v) is 7.15. The standard InChI is InChI=1S/C15H22N2O3/c1-10-9-13(14(15(18)19)11(2)17-10)16-7-8-20-12-5-3-4-6-12/h9,12H,3-8H2,1-2H3,(H,16,17)(H,18,19). The van der Waals surface area contributed by atoms with Crippen molar-refractivity contribution in [1.29, 1.82) is 0 Å². The van der Waals surface area contributed by atoms with E-state index < -0.39 is 5.97 Å². The number of carbonyl (C=O) groups is 1. The van der Waals surface area contributed by atoms with Gasteiger partial charge in [0.05, 0.1) is 24.1 Å². The van der Waals surface area contributed by atoms with Crippen molar-refractivity contribution in [3.8, 4) is 0 Å². The zero-order valence-corrected chi connectivity index (χ0v) is 12.1. The number of hydrogen-bond donors (Lipinski definition) is 2. The number of anilines is 1. The molecule has 2 N–H and O–H groups in total. The minimum atomic E-state index is -0.950. The fourth-order valence-electron chi connectivity index (χ4n) is 2.70. The molecule has 1 aromatic rings. The molecule has 0 aromatic carbocycles. The summed E-state index contributed by atoms with van der Waals surface area (Å²) in [6.45, 7) is 4.79. The average molecular weight is 278 g/mol. The van der Waals surface area contributed by atoms with Crippen LogP contribution in [0.2, 0.25) is 0 Å².